The van der Waals surface area contributed by atoms with Gasteiger partial charge in [-0.2, -0.15) is 0 Å². The van der Waals surface area contributed by atoms with Crippen LogP contribution in [-0.4, -0.2) is 17.4 Å². The Labute approximate surface area is 126 Å². The largest absolute Gasteiger partial charge is 0.361 e. The molecule has 1 saturated carbocycles. The van der Waals surface area contributed by atoms with E-state index >= 15 is 0 Å². The molecule has 1 aliphatic rings. The van der Waals surface area contributed by atoms with Crippen LogP contribution in [0.3, 0.4) is 0 Å². The third-order valence-electron chi connectivity index (χ3n) is 4.80. The average Bonchev–Trinajstić information content (AvgIpc) is 2.90. The van der Waals surface area contributed by atoms with E-state index in [2.05, 4.69) is 23.3 Å². The summed E-state index contributed by atoms with van der Waals surface area (Å²) in [6, 6.07) is 8.13. The topological polar surface area (TPSA) is 44.9 Å². The van der Waals surface area contributed by atoms with E-state index in [1.807, 2.05) is 24.4 Å². The smallest absolute Gasteiger partial charge is 0.224 e. The highest BCUT2D eigenvalue weighted by Gasteiger charge is 2.27. The van der Waals surface area contributed by atoms with Gasteiger partial charge in [-0.15, -0.1) is 0 Å². The normalized spacial score (nSPS) is 17.8. The first-order valence-corrected chi connectivity index (χ1v) is 7.98. The van der Waals surface area contributed by atoms with Crippen molar-refractivity contribution in [2.45, 2.75) is 45.4 Å². The van der Waals surface area contributed by atoms with Gasteiger partial charge in [0.2, 0.25) is 5.91 Å². The van der Waals surface area contributed by atoms with E-state index < -0.39 is 0 Å². The number of rotatable bonds is 4. The number of aromatic amines is 1. The number of para-hydroxylation sites is 1. The van der Waals surface area contributed by atoms with Gasteiger partial charge in [0, 0.05) is 23.6 Å². The molecule has 21 heavy (non-hydrogen) atoms. The summed E-state index contributed by atoms with van der Waals surface area (Å²) in [6.07, 6.45) is 8.83. The van der Waals surface area contributed by atoms with Crippen LogP contribution in [0, 0.1) is 5.41 Å². The lowest BCUT2D eigenvalue weighted by atomic mass is 9.76. The summed E-state index contributed by atoms with van der Waals surface area (Å²) in [5, 5.41) is 4.29. The molecule has 1 aromatic heterocycles. The molecule has 0 aliphatic heterocycles. The van der Waals surface area contributed by atoms with Gasteiger partial charge < -0.3 is 10.3 Å². The van der Waals surface area contributed by atoms with Crippen molar-refractivity contribution in [3.8, 4) is 0 Å². The second-order valence-corrected chi connectivity index (χ2v) is 6.68. The van der Waals surface area contributed by atoms with Crippen LogP contribution >= 0.6 is 0 Å². The monoisotopic (exact) mass is 284 g/mol. The zero-order chi connectivity index (χ0) is 14.7. The van der Waals surface area contributed by atoms with E-state index in [0.29, 0.717) is 11.8 Å². The number of carbonyl (C=O) groups is 1. The summed E-state index contributed by atoms with van der Waals surface area (Å²) in [6.45, 7) is 3.12. The maximum absolute atomic E-state index is 12.2. The molecular formula is C18H24N2O. The Bertz CT molecular complexity index is 623. The maximum Gasteiger partial charge on any atom is 0.224 e. The third kappa shape index (κ3) is 3.29. The predicted molar refractivity (Wildman–Crippen MR) is 86.2 cm³/mol. The fraction of sp³-hybridized carbons (Fsp3) is 0.500. The highest BCUT2D eigenvalue weighted by molar-refractivity contribution is 5.88. The molecule has 0 bridgehead atoms. The van der Waals surface area contributed by atoms with Crippen LogP contribution < -0.4 is 5.32 Å². The van der Waals surface area contributed by atoms with Gasteiger partial charge in [-0.3, -0.25) is 4.79 Å². The zero-order valence-corrected chi connectivity index (χ0v) is 12.7. The fourth-order valence-electron chi connectivity index (χ4n) is 3.41. The summed E-state index contributed by atoms with van der Waals surface area (Å²) < 4.78 is 0. The molecule has 0 radical (unpaired) electrons. The Balaban J connectivity index is 1.59. The van der Waals surface area contributed by atoms with Crippen molar-refractivity contribution in [1.82, 2.24) is 10.3 Å². The number of fused-ring (bicyclic) bond motifs is 1. The molecule has 1 aliphatic carbocycles. The number of hydrogen-bond acceptors (Lipinski definition) is 1. The fourth-order valence-corrected chi connectivity index (χ4v) is 3.41. The molecule has 0 saturated heterocycles. The van der Waals surface area contributed by atoms with Crippen LogP contribution in [0.5, 0.6) is 0 Å². The molecule has 0 spiro atoms. The molecule has 0 atom stereocenters. The first kappa shape index (κ1) is 14.2. The first-order valence-electron chi connectivity index (χ1n) is 7.98. The zero-order valence-electron chi connectivity index (χ0n) is 12.7. The van der Waals surface area contributed by atoms with E-state index in [1.165, 1.54) is 32.1 Å². The van der Waals surface area contributed by atoms with Gasteiger partial charge in [0.05, 0.1) is 6.42 Å². The van der Waals surface area contributed by atoms with Crippen molar-refractivity contribution < 1.29 is 4.79 Å². The summed E-state index contributed by atoms with van der Waals surface area (Å²) >= 11 is 0. The maximum atomic E-state index is 12.2. The second-order valence-electron chi connectivity index (χ2n) is 6.68. The van der Waals surface area contributed by atoms with E-state index in [-0.39, 0.29) is 5.91 Å². The van der Waals surface area contributed by atoms with Gasteiger partial charge in [0.1, 0.15) is 0 Å². The third-order valence-corrected chi connectivity index (χ3v) is 4.80. The minimum absolute atomic E-state index is 0.131. The lowest BCUT2D eigenvalue weighted by Gasteiger charge is -2.33. The highest BCUT2D eigenvalue weighted by atomic mass is 16.1. The van der Waals surface area contributed by atoms with Crippen molar-refractivity contribution in [3.05, 3.63) is 36.0 Å². The van der Waals surface area contributed by atoms with Gasteiger partial charge in [-0.1, -0.05) is 44.4 Å². The molecule has 3 nitrogen and oxygen atoms in total. The second kappa shape index (κ2) is 5.92. The number of aromatic nitrogens is 1. The molecule has 3 rings (SSSR count). The SMILES string of the molecule is CC1(CNC(=O)Cc2c[nH]c3ccccc23)CCCCC1. The summed E-state index contributed by atoms with van der Waals surface area (Å²) in [7, 11) is 0. The molecule has 2 aromatic rings. The molecule has 112 valence electrons. The van der Waals surface area contributed by atoms with E-state index in [1.54, 1.807) is 0 Å². The van der Waals surface area contributed by atoms with E-state index in [9.17, 15) is 4.79 Å². The van der Waals surface area contributed by atoms with Crippen molar-refractivity contribution in [2.24, 2.45) is 5.41 Å². The molecule has 2 N–H and O–H groups in total. The van der Waals surface area contributed by atoms with Gasteiger partial charge in [-0.25, -0.2) is 0 Å². The van der Waals surface area contributed by atoms with Crippen LogP contribution in [-0.2, 0) is 11.2 Å². The number of amides is 1. The molecule has 1 heterocycles. The van der Waals surface area contributed by atoms with Gasteiger partial charge >= 0.3 is 0 Å². The molecule has 1 amide bonds. The van der Waals surface area contributed by atoms with Crippen LogP contribution in [0.15, 0.2) is 30.5 Å². The standard InChI is InChI=1S/C18H24N2O/c1-18(9-5-2-6-10-18)13-20-17(21)11-14-12-19-16-8-4-3-7-15(14)16/h3-4,7-8,12,19H,2,5-6,9-11,13H2,1H3,(H,20,21). The quantitative estimate of drug-likeness (QED) is 0.881. The number of carbonyl (C=O) groups excluding carboxylic acids is 1. The number of hydrogen-bond donors (Lipinski definition) is 2. The summed E-state index contributed by atoms with van der Waals surface area (Å²) in [4.78, 5) is 15.4. The Morgan fingerprint density at radius 2 is 2.00 bits per heavy atom. The summed E-state index contributed by atoms with van der Waals surface area (Å²) in [5.74, 6) is 0.131. The van der Waals surface area contributed by atoms with E-state index in [4.69, 9.17) is 0 Å². The Hall–Kier alpha value is -1.77. The minimum Gasteiger partial charge on any atom is -0.361 e. The van der Waals surface area contributed by atoms with E-state index in [0.717, 1.165) is 23.0 Å². The molecule has 0 unspecified atom stereocenters. The van der Waals surface area contributed by atoms with Crippen molar-refractivity contribution in [1.29, 1.82) is 0 Å². The average molecular weight is 284 g/mol. The van der Waals surface area contributed by atoms with Crippen LogP contribution in [0.4, 0.5) is 0 Å². The molecule has 1 fully saturated rings. The molecular weight excluding hydrogens is 260 g/mol. The van der Waals surface area contributed by atoms with Crippen molar-refractivity contribution in [3.63, 3.8) is 0 Å². The highest BCUT2D eigenvalue weighted by Crippen LogP contribution is 2.34. The predicted octanol–water partition coefficient (Wildman–Crippen LogP) is 3.80. The van der Waals surface area contributed by atoms with Crippen LogP contribution in [0.2, 0.25) is 0 Å². The number of benzene rings is 1. The Morgan fingerprint density at radius 1 is 1.24 bits per heavy atom. The minimum atomic E-state index is 0.131. The van der Waals surface area contributed by atoms with Crippen LogP contribution in [0.25, 0.3) is 10.9 Å². The molecule has 1 aromatic carbocycles. The lowest BCUT2D eigenvalue weighted by Crippen LogP contribution is -2.37. The summed E-state index contributed by atoms with van der Waals surface area (Å²) in [5.41, 5.74) is 2.48. The number of nitrogens with one attached hydrogen (secondary N) is 2. The lowest BCUT2D eigenvalue weighted by molar-refractivity contribution is -0.121. The Kier molecular flexibility index (Phi) is 4.00. The first-order chi connectivity index (χ1) is 10.2. The van der Waals surface area contributed by atoms with Gasteiger partial charge in [0.15, 0.2) is 0 Å². The van der Waals surface area contributed by atoms with Gasteiger partial charge in [-0.05, 0) is 29.9 Å². The molecule has 3 heteroatoms. The van der Waals surface area contributed by atoms with Crippen molar-refractivity contribution >= 4 is 16.8 Å². The number of H-pyrrole nitrogens is 1. The van der Waals surface area contributed by atoms with Crippen molar-refractivity contribution in [2.75, 3.05) is 6.54 Å². The Morgan fingerprint density at radius 3 is 2.81 bits per heavy atom. The van der Waals surface area contributed by atoms with Crippen LogP contribution in [0.1, 0.15) is 44.6 Å². The van der Waals surface area contributed by atoms with Gasteiger partial charge in [0.25, 0.3) is 0 Å².